The van der Waals surface area contributed by atoms with E-state index in [2.05, 4.69) is 40.5 Å². The molecule has 4 rings (SSSR count). The fraction of sp³-hybridized carbons (Fsp3) is 0.696. The second-order valence-corrected chi connectivity index (χ2v) is 10.3. The Labute approximate surface area is 189 Å². The van der Waals surface area contributed by atoms with Crippen LogP contribution in [0.5, 0.6) is 0 Å². The van der Waals surface area contributed by atoms with Crippen LogP contribution in [0.15, 0.2) is 6.20 Å². The monoisotopic (exact) mass is 440 g/mol. The molecule has 3 aliphatic heterocycles. The highest BCUT2D eigenvalue weighted by molar-refractivity contribution is 6.03. The number of carbonyl (C=O) groups excluding carboxylic acids is 2. The average molecular weight is 441 g/mol. The SMILES string of the molecule is CCCN1C(=O)OC2(CCN(CC3Cc4cnc(C#N)nc4N3CC(C)(C)C)CC2)C1=O. The summed E-state index contributed by atoms with van der Waals surface area (Å²) in [5.41, 5.74) is 0.151. The van der Waals surface area contributed by atoms with Gasteiger partial charge in [0.2, 0.25) is 5.82 Å². The number of rotatable bonds is 5. The maximum atomic E-state index is 12.9. The van der Waals surface area contributed by atoms with Crippen LogP contribution in [0.3, 0.4) is 0 Å². The fourth-order valence-electron chi connectivity index (χ4n) is 4.98. The first-order valence-electron chi connectivity index (χ1n) is 11.5. The lowest BCUT2D eigenvalue weighted by molar-refractivity contribution is -0.140. The lowest BCUT2D eigenvalue weighted by Crippen LogP contribution is -2.53. The van der Waals surface area contributed by atoms with Gasteiger partial charge < -0.3 is 14.5 Å². The number of carbonyl (C=O) groups is 2. The van der Waals surface area contributed by atoms with E-state index >= 15 is 0 Å². The molecule has 1 atom stereocenters. The molecular formula is C23H32N6O3. The molecule has 1 unspecified atom stereocenters. The highest BCUT2D eigenvalue weighted by Gasteiger charge is 2.54. The van der Waals surface area contributed by atoms with Crippen molar-refractivity contribution in [2.45, 2.75) is 65.0 Å². The molecule has 0 N–H and O–H groups in total. The van der Waals surface area contributed by atoms with Crippen LogP contribution in [0.1, 0.15) is 58.3 Å². The lowest BCUT2D eigenvalue weighted by atomic mass is 9.90. The van der Waals surface area contributed by atoms with E-state index in [9.17, 15) is 14.9 Å². The molecule has 9 nitrogen and oxygen atoms in total. The topological polar surface area (TPSA) is 103 Å². The normalized spacial score (nSPS) is 22.9. The van der Waals surface area contributed by atoms with Gasteiger partial charge in [0.05, 0.1) is 0 Å². The summed E-state index contributed by atoms with van der Waals surface area (Å²) in [6.07, 6.45) is 3.88. The van der Waals surface area contributed by atoms with E-state index in [0.717, 1.165) is 37.3 Å². The number of nitriles is 1. The van der Waals surface area contributed by atoms with Gasteiger partial charge in [0.1, 0.15) is 11.9 Å². The van der Waals surface area contributed by atoms with Gasteiger partial charge in [-0.3, -0.25) is 4.79 Å². The summed E-state index contributed by atoms with van der Waals surface area (Å²) in [7, 11) is 0. The maximum Gasteiger partial charge on any atom is 0.417 e. The van der Waals surface area contributed by atoms with Gasteiger partial charge in [0, 0.05) is 63.4 Å². The molecule has 0 aromatic carbocycles. The molecule has 0 radical (unpaired) electrons. The van der Waals surface area contributed by atoms with Gasteiger partial charge >= 0.3 is 6.09 Å². The Morgan fingerprint density at radius 3 is 2.62 bits per heavy atom. The number of hydrogen-bond acceptors (Lipinski definition) is 8. The summed E-state index contributed by atoms with van der Waals surface area (Å²) >= 11 is 0. The van der Waals surface area contributed by atoms with E-state index in [1.54, 1.807) is 6.20 Å². The summed E-state index contributed by atoms with van der Waals surface area (Å²) in [6, 6.07) is 2.27. The first-order valence-corrected chi connectivity index (χ1v) is 11.5. The first kappa shape index (κ1) is 22.5. The van der Waals surface area contributed by atoms with Gasteiger partial charge in [-0.15, -0.1) is 0 Å². The Morgan fingerprint density at radius 1 is 1.28 bits per heavy atom. The molecule has 1 spiro atoms. The van der Waals surface area contributed by atoms with Gasteiger partial charge in [-0.2, -0.15) is 5.26 Å². The van der Waals surface area contributed by atoms with E-state index in [4.69, 9.17) is 4.74 Å². The predicted molar refractivity (Wildman–Crippen MR) is 118 cm³/mol. The number of fused-ring (bicyclic) bond motifs is 1. The van der Waals surface area contributed by atoms with Crippen LogP contribution in [0.4, 0.5) is 10.6 Å². The minimum atomic E-state index is -0.986. The zero-order valence-corrected chi connectivity index (χ0v) is 19.4. The molecule has 3 aliphatic rings. The number of nitrogens with zero attached hydrogens (tertiary/aromatic N) is 6. The summed E-state index contributed by atoms with van der Waals surface area (Å²) in [6.45, 7) is 12.0. The molecular weight excluding hydrogens is 408 g/mol. The van der Waals surface area contributed by atoms with Crippen molar-refractivity contribution in [1.29, 1.82) is 5.26 Å². The van der Waals surface area contributed by atoms with Crippen LogP contribution in [-0.4, -0.2) is 76.1 Å². The molecule has 2 fully saturated rings. The van der Waals surface area contributed by atoms with Crippen molar-refractivity contribution >= 4 is 17.8 Å². The minimum absolute atomic E-state index is 0.0662. The Bertz CT molecular complexity index is 942. The van der Waals surface area contributed by atoms with Crippen molar-refractivity contribution in [3.8, 4) is 6.07 Å². The van der Waals surface area contributed by atoms with Crippen LogP contribution in [0.2, 0.25) is 0 Å². The molecule has 0 bridgehead atoms. The average Bonchev–Trinajstić information content (AvgIpc) is 3.18. The van der Waals surface area contributed by atoms with E-state index in [1.165, 1.54) is 4.90 Å². The van der Waals surface area contributed by atoms with E-state index in [1.807, 2.05) is 13.0 Å². The molecule has 1 aromatic heterocycles. The third-order valence-corrected chi connectivity index (χ3v) is 6.47. The Morgan fingerprint density at radius 2 is 2.00 bits per heavy atom. The molecule has 4 heterocycles. The van der Waals surface area contributed by atoms with E-state index in [0.29, 0.717) is 32.5 Å². The molecule has 2 saturated heterocycles. The van der Waals surface area contributed by atoms with Crippen molar-refractivity contribution in [2.24, 2.45) is 5.41 Å². The highest BCUT2D eigenvalue weighted by atomic mass is 16.6. The quantitative estimate of drug-likeness (QED) is 0.687. The summed E-state index contributed by atoms with van der Waals surface area (Å²) in [4.78, 5) is 39.6. The number of amides is 2. The third kappa shape index (κ3) is 4.16. The molecule has 1 aromatic rings. The Balaban J connectivity index is 1.45. The van der Waals surface area contributed by atoms with Crippen LogP contribution in [-0.2, 0) is 16.0 Å². The second-order valence-electron chi connectivity index (χ2n) is 10.3. The van der Waals surface area contributed by atoms with Crippen molar-refractivity contribution < 1.29 is 14.3 Å². The van der Waals surface area contributed by atoms with Crippen LogP contribution in [0.25, 0.3) is 0 Å². The van der Waals surface area contributed by atoms with Crippen LogP contribution < -0.4 is 4.90 Å². The van der Waals surface area contributed by atoms with Gasteiger partial charge in [-0.05, 0) is 18.3 Å². The van der Waals surface area contributed by atoms with Gasteiger partial charge in [-0.1, -0.05) is 27.7 Å². The number of hydrogen-bond donors (Lipinski definition) is 0. The summed E-state index contributed by atoms with van der Waals surface area (Å²) in [5, 5.41) is 9.24. The van der Waals surface area contributed by atoms with Crippen LogP contribution in [0, 0.1) is 16.7 Å². The van der Waals surface area contributed by atoms with Gasteiger partial charge in [0.15, 0.2) is 5.60 Å². The predicted octanol–water partition coefficient (Wildman–Crippen LogP) is 2.35. The number of likely N-dealkylation sites (tertiary alicyclic amines) is 1. The molecule has 2 amide bonds. The standard InChI is InChI=1S/C23H32N6O3/c1-5-8-28-20(30)23(32-21(28)31)6-9-27(10-7-23)14-17-11-16-13-25-18(12-24)26-19(16)29(17)15-22(2,3)4/h13,17H,5-11,14-15H2,1-4H3. The Kier molecular flexibility index (Phi) is 5.84. The molecule has 0 saturated carbocycles. The molecule has 172 valence electrons. The smallest absolute Gasteiger partial charge is 0.417 e. The maximum absolute atomic E-state index is 12.9. The zero-order chi connectivity index (χ0) is 23.1. The minimum Gasteiger partial charge on any atom is -0.432 e. The number of anilines is 1. The lowest BCUT2D eigenvalue weighted by Gasteiger charge is -2.40. The van der Waals surface area contributed by atoms with Gasteiger partial charge in [0.25, 0.3) is 5.91 Å². The largest absolute Gasteiger partial charge is 0.432 e. The number of piperidine rings is 1. The van der Waals surface area contributed by atoms with Crippen LogP contribution >= 0.6 is 0 Å². The third-order valence-electron chi connectivity index (χ3n) is 6.47. The fourth-order valence-corrected chi connectivity index (χ4v) is 4.98. The van der Waals surface area contributed by atoms with E-state index in [-0.39, 0.29) is 23.2 Å². The van der Waals surface area contributed by atoms with Crippen molar-refractivity contribution in [3.63, 3.8) is 0 Å². The summed E-state index contributed by atoms with van der Waals surface area (Å²) in [5.74, 6) is 0.882. The highest BCUT2D eigenvalue weighted by Crippen LogP contribution is 2.37. The summed E-state index contributed by atoms with van der Waals surface area (Å²) < 4.78 is 5.60. The molecule has 9 heteroatoms. The Hall–Kier alpha value is -2.73. The van der Waals surface area contributed by atoms with Gasteiger partial charge in [-0.25, -0.2) is 19.7 Å². The molecule has 0 aliphatic carbocycles. The number of ether oxygens (including phenoxy) is 1. The first-order chi connectivity index (χ1) is 15.2. The van der Waals surface area contributed by atoms with Crippen molar-refractivity contribution in [1.82, 2.24) is 19.8 Å². The number of aromatic nitrogens is 2. The van der Waals surface area contributed by atoms with E-state index < -0.39 is 11.7 Å². The molecule has 32 heavy (non-hydrogen) atoms. The zero-order valence-electron chi connectivity index (χ0n) is 19.4. The number of imide groups is 1. The van der Waals surface area contributed by atoms with Crippen molar-refractivity contribution in [3.05, 3.63) is 17.6 Å². The second kappa shape index (κ2) is 8.32. The van der Waals surface area contributed by atoms with Crippen molar-refractivity contribution in [2.75, 3.05) is 37.6 Å².